The van der Waals surface area contributed by atoms with Crippen LogP contribution in [0.2, 0.25) is 5.02 Å². The molecule has 3 rings (SSSR count). The molecule has 0 spiro atoms. The first-order valence-electron chi connectivity index (χ1n) is 9.99. The number of hydrogen-bond donors (Lipinski definition) is 1. The number of benzene rings is 1. The second kappa shape index (κ2) is 9.37. The van der Waals surface area contributed by atoms with Crippen molar-refractivity contribution in [1.29, 1.82) is 0 Å². The fraction of sp³-hybridized carbons (Fsp3) is 0.667. The maximum Gasteiger partial charge on any atom is 0.254 e. The van der Waals surface area contributed by atoms with Crippen molar-refractivity contribution in [2.24, 2.45) is 11.8 Å². The summed E-state index contributed by atoms with van der Waals surface area (Å²) in [7, 11) is 1.75. The van der Waals surface area contributed by atoms with Gasteiger partial charge in [-0.3, -0.25) is 9.69 Å². The van der Waals surface area contributed by atoms with Gasteiger partial charge in [0, 0.05) is 36.8 Å². The Balaban J connectivity index is 1.76. The molecular weight excluding hydrogens is 364 g/mol. The van der Waals surface area contributed by atoms with Crippen molar-refractivity contribution in [3.05, 3.63) is 34.9 Å². The lowest BCUT2D eigenvalue weighted by Crippen LogP contribution is -2.45. The van der Waals surface area contributed by atoms with Crippen LogP contribution < -0.4 is 0 Å². The van der Waals surface area contributed by atoms with Crippen molar-refractivity contribution in [2.45, 2.75) is 38.3 Å². The van der Waals surface area contributed by atoms with E-state index < -0.39 is 0 Å². The number of methoxy groups -OCH3 is 1. The smallest absolute Gasteiger partial charge is 0.254 e. The van der Waals surface area contributed by atoms with Crippen LogP contribution in [0, 0.1) is 11.8 Å². The third kappa shape index (κ3) is 4.48. The summed E-state index contributed by atoms with van der Waals surface area (Å²) in [5, 5.41) is 10.8. The molecule has 5 nitrogen and oxygen atoms in total. The fourth-order valence-electron chi connectivity index (χ4n) is 4.78. The predicted octanol–water partition coefficient (Wildman–Crippen LogP) is 2.91. The summed E-state index contributed by atoms with van der Waals surface area (Å²) >= 11 is 5.95. The van der Waals surface area contributed by atoms with Gasteiger partial charge in [0.15, 0.2) is 0 Å². The maximum absolute atomic E-state index is 13.1. The van der Waals surface area contributed by atoms with E-state index in [-0.39, 0.29) is 24.5 Å². The SMILES string of the molecule is CC[C@@H]1CN(C(=O)c2ccc(Cl)cc2)[C@H](CO)[C@@H]1CN1CCC[C@@H]1COC. The Morgan fingerprint density at radius 2 is 2.07 bits per heavy atom. The molecular formula is C21H31ClN2O3. The van der Waals surface area contributed by atoms with Gasteiger partial charge < -0.3 is 14.7 Å². The van der Waals surface area contributed by atoms with Crippen molar-refractivity contribution in [1.82, 2.24) is 9.80 Å². The number of halogens is 1. The molecule has 6 heteroatoms. The van der Waals surface area contributed by atoms with Crippen LogP contribution in [0.5, 0.6) is 0 Å². The molecule has 27 heavy (non-hydrogen) atoms. The highest BCUT2D eigenvalue weighted by atomic mass is 35.5. The van der Waals surface area contributed by atoms with Gasteiger partial charge in [0.05, 0.1) is 19.3 Å². The van der Waals surface area contributed by atoms with E-state index in [1.165, 1.54) is 6.42 Å². The minimum Gasteiger partial charge on any atom is -0.394 e. The molecule has 4 atom stereocenters. The number of likely N-dealkylation sites (tertiary alicyclic amines) is 2. The first kappa shape index (κ1) is 20.6. The summed E-state index contributed by atoms with van der Waals surface area (Å²) in [5.74, 6) is 0.678. The first-order chi connectivity index (χ1) is 13.1. The summed E-state index contributed by atoms with van der Waals surface area (Å²) in [4.78, 5) is 17.5. The zero-order valence-corrected chi connectivity index (χ0v) is 17.1. The van der Waals surface area contributed by atoms with Gasteiger partial charge in [0.2, 0.25) is 0 Å². The van der Waals surface area contributed by atoms with Gasteiger partial charge in [0.25, 0.3) is 5.91 Å². The Labute approximate surface area is 167 Å². The van der Waals surface area contributed by atoms with E-state index in [9.17, 15) is 9.90 Å². The van der Waals surface area contributed by atoms with Crippen LogP contribution in [0.3, 0.4) is 0 Å². The van der Waals surface area contributed by atoms with E-state index >= 15 is 0 Å². The minimum absolute atomic E-state index is 0.00325. The largest absolute Gasteiger partial charge is 0.394 e. The molecule has 0 radical (unpaired) electrons. The van der Waals surface area contributed by atoms with E-state index in [0.717, 1.165) is 32.5 Å². The number of aliphatic hydroxyl groups is 1. The highest BCUT2D eigenvalue weighted by molar-refractivity contribution is 6.30. The van der Waals surface area contributed by atoms with Crippen LogP contribution in [0.25, 0.3) is 0 Å². The van der Waals surface area contributed by atoms with E-state index in [4.69, 9.17) is 16.3 Å². The van der Waals surface area contributed by atoms with Gasteiger partial charge in [-0.2, -0.15) is 0 Å². The summed E-state index contributed by atoms with van der Waals surface area (Å²) in [5.41, 5.74) is 0.631. The molecule has 0 bridgehead atoms. The van der Waals surface area contributed by atoms with Gasteiger partial charge in [-0.1, -0.05) is 24.9 Å². The fourth-order valence-corrected chi connectivity index (χ4v) is 4.91. The molecule has 2 aliphatic rings. The monoisotopic (exact) mass is 394 g/mol. The molecule has 0 aliphatic carbocycles. The van der Waals surface area contributed by atoms with Crippen LogP contribution in [-0.2, 0) is 4.74 Å². The third-order valence-electron chi connectivity index (χ3n) is 6.30. The van der Waals surface area contributed by atoms with E-state index in [1.54, 1.807) is 31.4 Å². The second-order valence-corrected chi connectivity index (χ2v) is 8.23. The van der Waals surface area contributed by atoms with E-state index in [1.807, 2.05) is 4.90 Å². The van der Waals surface area contributed by atoms with Crippen molar-refractivity contribution in [2.75, 3.05) is 40.0 Å². The number of carbonyl (C=O) groups excluding carboxylic acids is 1. The number of carbonyl (C=O) groups is 1. The van der Waals surface area contributed by atoms with Crippen LogP contribution in [0.15, 0.2) is 24.3 Å². The van der Waals surface area contributed by atoms with Crippen LogP contribution in [0.4, 0.5) is 0 Å². The summed E-state index contributed by atoms with van der Waals surface area (Å²) in [6, 6.07) is 7.33. The molecule has 2 fully saturated rings. The Hall–Kier alpha value is -1.14. The van der Waals surface area contributed by atoms with Crippen LogP contribution in [0.1, 0.15) is 36.5 Å². The quantitative estimate of drug-likeness (QED) is 0.772. The molecule has 2 heterocycles. The van der Waals surface area contributed by atoms with Gasteiger partial charge in [0.1, 0.15) is 0 Å². The Bertz CT molecular complexity index is 624. The molecule has 2 saturated heterocycles. The molecule has 0 unspecified atom stereocenters. The van der Waals surface area contributed by atoms with Crippen LogP contribution in [-0.4, -0.2) is 72.9 Å². The average Bonchev–Trinajstić information content (AvgIpc) is 3.26. The maximum atomic E-state index is 13.1. The molecule has 150 valence electrons. The number of nitrogens with zero attached hydrogens (tertiary/aromatic N) is 2. The minimum atomic E-state index is -0.137. The number of amides is 1. The molecule has 1 aromatic rings. The third-order valence-corrected chi connectivity index (χ3v) is 6.55. The zero-order chi connectivity index (χ0) is 19.4. The molecule has 1 amide bonds. The molecule has 1 aromatic carbocycles. The number of aliphatic hydroxyl groups excluding tert-OH is 1. The lowest BCUT2D eigenvalue weighted by molar-refractivity contribution is 0.0578. The lowest BCUT2D eigenvalue weighted by Gasteiger charge is -2.32. The lowest BCUT2D eigenvalue weighted by atomic mass is 9.88. The van der Waals surface area contributed by atoms with Crippen molar-refractivity contribution < 1.29 is 14.6 Å². The Morgan fingerprint density at radius 1 is 1.33 bits per heavy atom. The van der Waals surface area contributed by atoms with E-state index in [2.05, 4.69) is 11.8 Å². The summed E-state index contributed by atoms with van der Waals surface area (Å²) in [6.45, 7) is 5.63. The first-order valence-corrected chi connectivity index (χ1v) is 10.4. The zero-order valence-electron chi connectivity index (χ0n) is 16.3. The predicted molar refractivity (Wildman–Crippen MR) is 107 cm³/mol. The molecule has 1 N–H and O–H groups in total. The van der Waals surface area contributed by atoms with Crippen molar-refractivity contribution in [3.63, 3.8) is 0 Å². The summed E-state index contributed by atoms with van der Waals surface area (Å²) < 4.78 is 5.39. The topological polar surface area (TPSA) is 53.0 Å². The Kier molecular flexibility index (Phi) is 7.15. The van der Waals surface area contributed by atoms with Gasteiger partial charge in [-0.05, 0) is 55.5 Å². The highest BCUT2D eigenvalue weighted by Crippen LogP contribution is 2.35. The van der Waals surface area contributed by atoms with Crippen LogP contribution >= 0.6 is 11.6 Å². The molecule has 0 aromatic heterocycles. The van der Waals surface area contributed by atoms with Crippen molar-refractivity contribution >= 4 is 17.5 Å². The molecule has 0 saturated carbocycles. The standard InChI is InChI=1S/C21H31ClN2O3/c1-3-15-11-24(21(26)16-6-8-17(22)9-7-16)20(13-25)19(15)12-23-10-4-5-18(23)14-27-2/h6-9,15,18-20,25H,3-5,10-14H2,1-2H3/t15-,18-,19-,20-/m1/s1. The normalized spacial score (nSPS) is 28.8. The van der Waals surface area contributed by atoms with Gasteiger partial charge in [-0.25, -0.2) is 0 Å². The molecule has 2 aliphatic heterocycles. The van der Waals surface area contributed by atoms with E-state index in [0.29, 0.717) is 29.1 Å². The Morgan fingerprint density at radius 3 is 2.70 bits per heavy atom. The highest BCUT2D eigenvalue weighted by Gasteiger charge is 2.44. The number of ether oxygens (including phenoxy) is 1. The van der Waals surface area contributed by atoms with Gasteiger partial charge >= 0.3 is 0 Å². The second-order valence-electron chi connectivity index (χ2n) is 7.79. The number of hydrogen-bond acceptors (Lipinski definition) is 4. The van der Waals surface area contributed by atoms with Crippen molar-refractivity contribution in [3.8, 4) is 0 Å². The summed E-state index contributed by atoms with van der Waals surface area (Å²) in [6.07, 6.45) is 3.36. The van der Waals surface area contributed by atoms with Gasteiger partial charge in [-0.15, -0.1) is 0 Å². The average molecular weight is 395 g/mol. The number of rotatable bonds is 7.